The Labute approximate surface area is 123 Å². The van der Waals surface area contributed by atoms with Crippen molar-refractivity contribution in [3.05, 3.63) is 34.9 Å². The molecular weight excluding hydrogens is 244 g/mol. The lowest BCUT2D eigenvalue weighted by molar-refractivity contribution is 0.191. The molecule has 0 aliphatic carbocycles. The van der Waals surface area contributed by atoms with Gasteiger partial charge in [0.15, 0.2) is 0 Å². The van der Waals surface area contributed by atoms with Crippen LogP contribution in [0.5, 0.6) is 0 Å². The highest BCUT2D eigenvalue weighted by Crippen LogP contribution is 2.28. The summed E-state index contributed by atoms with van der Waals surface area (Å²) in [5.41, 5.74) is 4.80. The van der Waals surface area contributed by atoms with E-state index in [1.807, 2.05) is 0 Å². The highest BCUT2D eigenvalue weighted by molar-refractivity contribution is 5.38. The zero-order chi connectivity index (χ0) is 13.9. The number of rotatable bonds is 3. The van der Waals surface area contributed by atoms with Crippen LogP contribution in [0, 0.1) is 5.92 Å². The zero-order valence-electron chi connectivity index (χ0n) is 13.0. The first kappa shape index (κ1) is 14.1. The van der Waals surface area contributed by atoms with Crippen LogP contribution in [0.1, 0.15) is 49.3 Å². The van der Waals surface area contributed by atoms with E-state index in [2.05, 4.69) is 42.3 Å². The molecule has 0 bridgehead atoms. The highest BCUT2D eigenvalue weighted by atomic mass is 15.1. The van der Waals surface area contributed by atoms with Crippen LogP contribution in [0.15, 0.2) is 18.2 Å². The van der Waals surface area contributed by atoms with E-state index in [1.54, 1.807) is 16.7 Å². The van der Waals surface area contributed by atoms with Crippen LogP contribution in [-0.2, 0) is 13.0 Å². The molecule has 2 heterocycles. The first-order valence-electron chi connectivity index (χ1n) is 8.28. The second-order valence-electron chi connectivity index (χ2n) is 6.82. The van der Waals surface area contributed by atoms with Gasteiger partial charge in [0.05, 0.1) is 0 Å². The quantitative estimate of drug-likeness (QED) is 0.909. The van der Waals surface area contributed by atoms with E-state index in [-0.39, 0.29) is 0 Å². The van der Waals surface area contributed by atoms with Gasteiger partial charge in [0, 0.05) is 19.6 Å². The first-order valence-corrected chi connectivity index (χ1v) is 8.28. The minimum atomic E-state index is 0.654. The molecule has 0 spiro atoms. The van der Waals surface area contributed by atoms with Crippen molar-refractivity contribution in [2.24, 2.45) is 5.92 Å². The predicted octanol–water partition coefficient (Wildman–Crippen LogP) is 3.17. The summed E-state index contributed by atoms with van der Waals surface area (Å²) in [5, 5.41) is 3.47. The second-order valence-corrected chi connectivity index (χ2v) is 6.82. The average Bonchev–Trinajstić information content (AvgIpc) is 2.47. The van der Waals surface area contributed by atoms with E-state index in [0.717, 1.165) is 5.92 Å². The monoisotopic (exact) mass is 272 g/mol. The molecule has 0 unspecified atom stereocenters. The van der Waals surface area contributed by atoms with E-state index in [4.69, 9.17) is 0 Å². The van der Waals surface area contributed by atoms with Crippen molar-refractivity contribution in [1.82, 2.24) is 10.2 Å². The maximum Gasteiger partial charge on any atom is 0.0236 e. The van der Waals surface area contributed by atoms with Crippen molar-refractivity contribution < 1.29 is 0 Å². The molecule has 1 aromatic carbocycles. The van der Waals surface area contributed by atoms with Crippen LogP contribution >= 0.6 is 0 Å². The van der Waals surface area contributed by atoms with Crippen LogP contribution in [-0.4, -0.2) is 31.1 Å². The third kappa shape index (κ3) is 3.07. The average molecular weight is 272 g/mol. The summed E-state index contributed by atoms with van der Waals surface area (Å²) in [4.78, 5) is 2.68. The normalized spacial score (nSPS) is 21.1. The maximum atomic E-state index is 3.47. The molecule has 1 aromatic rings. The molecular formula is C18H28N2. The lowest BCUT2D eigenvalue weighted by Crippen LogP contribution is -2.38. The van der Waals surface area contributed by atoms with Gasteiger partial charge in [-0.15, -0.1) is 0 Å². The molecule has 20 heavy (non-hydrogen) atoms. The predicted molar refractivity (Wildman–Crippen MR) is 85.1 cm³/mol. The fourth-order valence-electron chi connectivity index (χ4n) is 3.82. The summed E-state index contributed by atoms with van der Waals surface area (Å²) in [6, 6.07) is 6.92. The van der Waals surface area contributed by atoms with Gasteiger partial charge >= 0.3 is 0 Å². The number of hydrogen-bond donors (Lipinski definition) is 1. The van der Waals surface area contributed by atoms with Gasteiger partial charge in [-0.3, -0.25) is 4.90 Å². The zero-order valence-corrected chi connectivity index (χ0v) is 13.0. The Balaban J connectivity index is 1.67. The Morgan fingerprint density at radius 1 is 1.25 bits per heavy atom. The van der Waals surface area contributed by atoms with Crippen molar-refractivity contribution in [2.75, 3.05) is 26.2 Å². The van der Waals surface area contributed by atoms with Gasteiger partial charge in [-0.05, 0) is 60.9 Å². The summed E-state index contributed by atoms with van der Waals surface area (Å²) in [6.45, 7) is 10.8. The van der Waals surface area contributed by atoms with Gasteiger partial charge in [-0.2, -0.15) is 0 Å². The van der Waals surface area contributed by atoms with Gasteiger partial charge in [-0.25, -0.2) is 0 Å². The minimum Gasteiger partial charge on any atom is -0.317 e. The maximum absolute atomic E-state index is 3.47. The van der Waals surface area contributed by atoms with Crippen LogP contribution < -0.4 is 5.32 Å². The highest BCUT2D eigenvalue weighted by Gasteiger charge is 2.22. The Kier molecular flexibility index (Phi) is 4.42. The van der Waals surface area contributed by atoms with Gasteiger partial charge in [-0.1, -0.05) is 32.0 Å². The van der Waals surface area contributed by atoms with Crippen LogP contribution in [0.25, 0.3) is 0 Å². The smallest absolute Gasteiger partial charge is 0.0236 e. The molecule has 2 nitrogen and oxygen atoms in total. The molecule has 0 atom stereocenters. The molecule has 3 rings (SSSR count). The number of nitrogens with zero attached hydrogens (tertiary/aromatic N) is 1. The molecule has 0 amide bonds. The molecule has 1 saturated heterocycles. The molecule has 0 saturated carbocycles. The topological polar surface area (TPSA) is 15.3 Å². The van der Waals surface area contributed by atoms with E-state index < -0.39 is 0 Å². The minimum absolute atomic E-state index is 0.654. The Bertz CT molecular complexity index is 447. The van der Waals surface area contributed by atoms with Gasteiger partial charge in [0.1, 0.15) is 0 Å². The number of fused-ring (bicyclic) bond motifs is 1. The van der Waals surface area contributed by atoms with Crippen molar-refractivity contribution in [3.63, 3.8) is 0 Å². The van der Waals surface area contributed by atoms with Crippen LogP contribution in [0.4, 0.5) is 0 Å². The molecule has 1 fully saturated rings. The lowest BCUT2D eigenvalue weighted by Gasteiger charge is -2.34. The Morgan fingerprint density at radius 3 is 2.80 bits per heavy atom. The van der Waals surface area contributed by atoms with Crippen molar-refractivity contribution in [1.29, 1.82) is 0 Å². The molecule has 2 heteroatoms. The molecule has 2 aliphatic rings. The first-order chi connectivity index (χ1) is 9.74. The SMILES string of the molecule is CC(C)c1cccc2c1CCN(CC1CCNCC1)C2. The number of benzene rings is 1. The number of hydrogen-bond acceptors (Lipinski definition) is 2. The molecule has 2 aliphatic heterocycles. The standard InChI is InChI=1S/C18H28N2/c1-14(2)17-5-3-4-16-13-20(11-8-18(16)17)12-15-6-9-19-10-7-15/h3-5,14-15,19H,6-13H2,1-2H3. The van der Waals surface area contributed by atoms with Crippen molar-refractivity contribution >= 4 is 0 Å². The van der Waals surface area contributed by atoms with Crippen molar-refractivity contribution in [2.45, 2.75) is 45.6 Å². The van der Waals surface area contributed by atoms with E-state index in [0.29, 0.717) is 5.92 Å². The van der Waals surface area contributed by atoms with Crippen LogP contribution in [0.2, 0.25) is 0 Å². The molecule has 0 radical (unpaired) electrons. The fraction of sp³-hybridized carbons (Fsp3) is 0.667. The van der Waals surface area contributed by atoms with Gasteiger partial charge in [0.2, 0.25) is 0 Å². The van der Waals surface area contributed by atoms with E-state index in [9.17, 15) is 0 Å². The third-order valence-electron chi connectivity index (χ3n) is 4.98. The lowest BCUT2D eigenvalue weighted by atomic mass is 9.88. The van der Waals surface area contributed by atoms with E-state index in [1.165, 1.54) is 52.0 Å². The molecule has 110 valence electrons. The van der Waals surface area contributed by atoms with Gasteiger partial charge in [0.25, 0.3) is 0 Å². The van der Waals surface area contributed by atoms with Gasteiger partial charge < -0.3 is 5.32 Å². The summed E-state index contributed by atoms with van der Waals surface area (Å²) in [6.07, 6.45) is 3.96. The third-order valence-corrected chi connectivity index (χ3v) is 4.98. The summed E-state index contributed by atoms with van der Waals surface area (Å²) >= 11 is 0. The Hall–Kier alpha value is -0.860. The Morgan fingerprint density at radius 2 is 2.05 bits per heavy atom. The van der Waals surface area contributed by atoms with Crippen LogP contribution in [0.3, 0.4) is 0 Å². The summed E-state index contributed by atoms with van der Waals surface area (Å²) < 4.78 is 0. The van der Waals surface area contributed by atoms with E-state index >= 15 is 0 Å². The summed E-state index contributed by atoms with van der Waals surface area (Å²) in [7, 11) is 0. The van der Waals surface area contributed by atoms with Crippen molar-refractivity contribution in [3.8, 4) is 0 Å². The number of nitrogens with one attached hydrogen (secondary N) is 1. The second kappa shape index (κ2) is 6.28. The molecule has 1 N–H and O–H groups in total. The number of piperidine rings is 1. The fourth-order valence-corrected chi connectivity index (χ4v) is 3.82. The largest absolute Gasteiger partial charge is 0.317 e. The summed E-state index contributed by atoms with van der Waals surface area (Å²) in [5.74, 6) is 1.56. The molecule has 0 aromatic heterocycles.